The predicted octanol–water partition coefficient (Wildman–Crippen LogP) is 4.25. The molecule has 0 unspecified atom stereocenters. The highest BCUT2D eigenvalue weighted by atomic mass is 16.5. The molecule has 0 bridgehead atoms. The van der Waals surface area contributed by atoms with Crippen LogP contribution in [0.4, 0.5) is 0 Å². The van der Waals surface area contributed by atoms with Gasteiger partial charge in [-0.1, -0.05) is 36.4 Å². The van der Waals surface area contributed by atoms with Crippen molar-refractivity contribution in [3.05, 3.63) is 84.9 Å². The van der Waals surface area contributed by atoms with Gasteiger partial charge in [-0.25, -0.2) is 9.97 Å². The van der Waals surface area contributed by atoms with E-state index in [1.807, 2.05) is 43.6 Å². The second kappa shape index (κ2) is 8.59. The van der Waals surface area contributed by atoms with Gasteiger partial charge in [-0.3, -0.25) is 4.98 Å². The van der Waals surface area contributed by atoms with E-state index in [4.69, 9.17) is 4.74 Å². The third-order valence-electron chi connectivity index (χ3n) is 4.45. The lowest BCUT2D eigenvalue weighted by atomic mass is 10.1. The first-order valence-corrected chi connectivity index (χ1v) is 9.35. The van der Waals surface area contributed by atoms with Crippen molar-refractivity contribution >= 4 is 10.8 Å². The van der Waals surface area contributed by atoms with Gasteiger partial charge in [0, 0.05) is 42.8 Å². The van der Waals surface area contributed by atoms with Crippen molar-refractivity contribution in [1.82, 2.24) is 20.3 Å². The van der Waals surface area contributed by atoms with Gasteiger partial charge in [0.1, 0.15) is 11.9 Å². The van der Waals surface area contributed by atoms with E-state index in [2.05, 4.69) is 50.6 Å². The van der Waals surface area contributed by atoms with Gasteiger partial charge in [-0.2, -0.15) is 0 Å². The van der Waals surface area contributed by atoms with Gasteiger partial charge in [-0.05, 0) is 35.9 Å². The monoisotopic (exact) mass is 370 g/mol. The predicted molar refractivity (Wildman–Crippen MR) is 111 cm³/mol. The molecule has 140 valence electrons. The Morgan fingerprint density at radius 2 is 1.75 bits per heavy atom. The van der Waals surface area contributed by atoms with E-state index in [0.717, 1.165) is 29.2 Å². The van der Waals surface area contributed by atoms with Crippen molar-refractivity contribution in [2.45, 2.75) is 19.6 Å². The number of hydrogen-bond donors (Lipinski definition) is 1. The number of benzene rings is 2. The van der Waals surface area contributed by atoms with Gasteiger partial charge in [0.05, 0.1) is 6.20 Å². The molecule has 0 spiro atoms. The van der Waals surface area contributed by atoms with E-state index >= 15 is 0 Å². The third-order valence-corrected chi connectivity index (χ3v) is 4.45. The van der Waals surface area contributed by atoms with Crippen molar-refractivity contribution in [3.63, 3.8) is 0 Å². The summed E-state index contributed by atoms with van der Waals surface area (Å²) in [6, 6.07) is 18.4. The summed E-state index contributed by atoms with van der Waals surface area (Å²) in [5.74, 6) is 1.52. The molecule has 0 amide bonds. The molecule has 0 aliphatic carbocycles. The fraction of sp³-hybridized carbons (Fsp3) is 0.174. The van der Waals surface area contributed by atoms with Crippen LogP contribution in [0.25, 0.3) is 22.2 Å². The Morgan fingerprint density at radius 1 is 0.929 bits per heavy atom. The Hall–Kier alpha value is -3.31. The standard InChI is InChI=1S/C23H22N4O/c1-17(28-22-7-4-10-24-16-22)12-25-13-18-14-26-23(27-15-18)21-9-8-19-5-2-3-6-20(19)11-21/h2-11,14-17,25H,12-13H2,1H3/t17-/m1/s1. The lowest BCUT2D eigenvalue weighted by Gasteiger charge is -2.15. The Morgan fingerprint density at radius 3 is 2.54 bits per heavy atom. The first kappa shape index (κ1) is 18.1. The van der Waals surface area contributed by atoms with Gasteiger partial charge < -0.3 is 10.1 Å². The Balaban J connectivity index is 1.33. The molecule has 4 aromatic rings. The summed E-state index contributed by atoms with van der Waals surface area (Å²) in [5.41, 5.74) is 2.06. The van der Waals surface area contributed by atoms with Crippen molar-refractivity contribution in [2.75, 3.05) is 6.54 Å². The van der Waals surface area contributed by atoms with Crippen LogP contribution in [-0.2, 0) is 6.54 Å². The minimum Gasteiger partial charge on any atom is -0.488 e. The van der Waals surface area contributed by atoms with E-state index in [1.54, 1.807) is 12.4 Å². The molecule has 1 atom stereocenters. The van der Waals surface area contributed by atoms with E-state index in [1.165, 1.54) is 10.8 Å². The first-order valence-electron chi connectivity index (χ1n) is 9.35. The number of nitrogens with zero attached hydrogens (tertiary/aromatic N) is 3. The Labute approximate surface area is 164 Å². The minimum absolute atomic E-state index is 0.0435. The highest BCUT2D eigenvalue weighted by Gasteiger charge is 2.06. The van der Waals surface area contributed by atoms with Crippen LogP contribution in [0.5, 0.6) is 5.75 Å². The number of pyridine rings is 1. The zero-order chi connectivity index (χ0) is 19.2. The van der Waals surface area contributed by atoms with Gasteiger partial charge in [0.25, 0.3) is 0 Å². The largest absolute Gasteiger partial charge is 0.488 e. The summed E-state index contributed by atoms with van der Waals surface area (Å²) < 4.78 is 5.81. The van der Waals surface area contributed by atoms with Crippen molar-refractivity contribution in [2.24, 2.45) is 0 Å². The zero-order valence-electron chi connectivity index (χ0n) is 15.7. The highest BCUT2D eigenvalue weighted by molar-refractivity contribution is 5.86. The van der Waals surface area contributed by atoms with Crippen LogP contribution in [0.2, 0.25) is 0 Å². The molecule has 0 fully saturated rings. The summed E-state index contributed by atoms with van der Waals surface area (Å²) in [7, 11) is 0. The highest BCUT2D eigenvalue weighted by Crippen LogP contribution is 2.21. The summed E-state index contributed by atoms with van der Waals surface area (Å²) in [6.45, 7) is 3.44. The molecule has 0 radical (unpaired) electrons. The fourth-order valence-electron chi connectivity index (χ4n) is 3.03. The molecule has 2 aromatic carbocycles. The third kappa shape index (κ3) is 4.50. The van der Waals surface area contributed by atoms with Crippen LogP contribution in [0.1, 0.15) is 12.5 Å². The van der Waals surface area contributed by atoms with Crippen LogP contribution in [-0.4, -0.2) is 27.6 Å². The molecule has 5 heteroatoms. The quantitative estimate of drug-likeness (QED) is 0.527. The number of fused-ring (bicyclic) bond motifs is 1. The maximum atomic E-state index is 5.81. The summed E-state index contributed by atoms with van der Waals surface area (Å²) in [6.07, 6.45) is 7.24. The molecule has 0 saturated carbocycles. The van der Waals surface area contributed by atoms with E-state index in [9.17, 15) is 0 Å². The smallest absolute Gasteiger partial charge is 0.159 e. The molecule has 0 aliphatic heterocycles. The summed E-state index contributed by atoms with van der Waals surface area (Å²) >= 11 is 0. The maximum Gasteiger partial charge on any atom is 0.159 e. The molecule has 28 heavy (non-hydrogen) atoms. The van der Waals surface area contributed by atoms with Crippen LogP contribution >= 0.6 is 0 Å². The average Bonchev–Trinajstić information content (AvgIpc) is 2.74. The number of nitrogens with one attached hydrogen (secondary N) is 1. The van der Waals surface area contributed by atoms with Crippen molar-refractivity contribution in [1.29, 1.82) is 0 Å². The van der Waals surface area contributed by atoms with Gasteiger partial charge >= 0.3 is 0 Å². The molecule has 2 aromatic heterocycles. The first-order chi connectivity index (χ1) is 13.8. The average molecular weight is 370 g/mol. The van der Waals surface area contributed by atoms with Crippen LogP contribution in [0.3, 0.4) is 0 Å². The van der Waals surface area contributed by atoms with Crippen LogP contribution in [0, 0.1) is 0 Å². The molecular formula is C23H22N4O. The molecule has 0 saturated heterocycles. The Bertz CT molecular complexity index is 1040. The van der Waals surface area contributed by atoms with E-state index in [-0.39, 0.29) is 6.10 Å². The summed E-state index contributed by atoms with van der Waals surface area (Å²) in [5, 5.41) is 5.79. The van der Waals surface area contributed by atoms with Crippen molar-refractivity contribution in [3.8, 4) is 17.1 Å². The topological polar surface area (TPSA) is 59.9 Å². The number of hydrogen-bond acceptors (Lipinski definition) is 5. The minimum atomic E-state index is 0.0435. The summed E-state index contributed by atoms with van der Waals surface area (Å²) in [4.78, 5) is 13.1. The van der Waals surface area contributed by atoms with Gasteiger partial charge in [-0.15, -0.1) is 0 Å². The van der Waals surface area contributed by atoms with Crippen LogP contribution in [0.15, 0.2) is 79.4 Å². The molecule has 5 nitrogen and oxygen atoms in total. The van der Waals surface area contributed by atoms with Gasteiger partial charge in [0.15, 0.2) is 5.82 Å². The molecule has 1 N–H and O–H groups in total. The maximum absolute atomic E-state index is 5.81. The number of ether oxygens (including phenoxy) is 1. The fourth-order valence-corrected chi connectivity index (χ4v) is 3.03. The lowest BCUT2D eigenvalue weighted by Crippen LogP contribution is -2.28. The molecule has 4 rings (SSSR count). The molecular weight excluding hydrogens is 348 g/mol. The number of aromatic nitrogens is 3. The van der Waals surface area contributed by atoms with Gasteiger partial charge in [0.2, 0.25) is 0 Å². The van der Waals surface area contributed by atoms with E-state index in [0.29, 0.717) is 6.54 Å². The second-order valence-electron chi connectivity index (χ2n) is 6.72. The molecule has 0 aliphatic rings. The SMILES string of the molecule is C[C@H](CNCc1cnc(-c2ccc3ccccc3c2)nc1)Oc1cccnc1. The Kier molecular flexibility index (Phi) is 5.54. The zero-order valence-corrected chi connectivity index (χ0v) is 15.7. The van der Waals surface area contributed by atoms with Crippen molar-refractivity contribution < 1.29 is 4.74 Å². The number of rotatable bonds is 7. The van der Waals surface area contributed by atoms with E-state index < -0.39 is 0 Å². The van der Waals surface area contributed by atoms with Crippen LogP contribution < -0.4 is 10.1 Å². The molecule has 2 heterocycles. The lowest BCUT2D eigenvalue weighted by molar-refractivity contribution is 0.216. The normalized spacial score (nSPS) is 12.0. The second-order valence-corrected chi connectivity index (χ2v) is 6.72.